The molecule has 0 aliphatic carbocycles. The van der Waals surface area contributed by atoms with E-state index in [0.717, 1.165) is 13.0 Å². The van der Waals surface area contributed by atoms with Gasteiger partial charge in [0.1, 0.15) is 0 Å². The minimum absolute atomic E-state index is 0.314. The van der Waals surface area contributed by atoms with Crippen LogP contribution in [0.3, 0.4) is 0 Å². The molecule has 0 bridgehead atoms. The molecule has 0 heterocycles. The molecule has 0 aliphatic rings. The molecule has 0 spiro atoms. The van der Waals surface area contributed by atoms with Crippen LogP contribution in [0.25, 0.3) is 0 Å². The van der Waals surface area contributed by atoms with E-state index >= 15 is 0 Å². The van der Waals surface area contributed by atoms with Crippen LogP contribution in [-0.2, 0) is 11.4 Å². The van der Waals surface area contributed by atoms with Crippen molar-refractivity contribution in [2.45, 2.75) is 84.3 Å². The summed E-state index contributed by atoms with van der Waals surface area (Å²) in [6.45, 7) is 5.31. The maximum absolute atomic E-state index is 5.95. The second-order valence-electron chi connectivity index (χ2n) is 6.45. The highest BCUT2D eigenvalue weighted by Gasteiger charge is 2.07. The van der Waals surface area contributed by atoms with Crippen LogP contribution in [0.2, 0.25) is 0 Å². The Labute approximate surface area is 137 Å². The smallest absolute Gasteiger partial charge is 0.0765 e. The van der Waals surface area contributed by atoms with E-state index in [-0.39, 0.29) is 0 Å². The maximum atomic E-state index is 5.95. The Kier molecular flexibility index (Phi) is 11.0. The third kappa shape index (κ3) is 9.97. The molecule has 1 atom stereocenters. The Balaban J connectivity index is 1.99. The minimum atomic E-state index is 0.314. The first-order valence-electron chi connectivity index (χ1n) is 9.14. The van der Waals surface area contributed by atoms with Gasteiger partial charge in [-0.2, -0.15) is 5.06 Å². The van der Waals surface area contributed by atoms with Gasteiger partial charge in [-0.05, 0) is 18.9 Å². The molecule has 0 N–H and O–H groups in total. The van der Waals surface area contributed by atoms with Gasteiger partial charge in [-0.1, -0.05) is 88.6 Å². The topological polar surface area (TPSA) is 12.5 Å². The molecule has 0 radical (unpaired) electrons. The van der Waals surface area contributed by atoms with Crippen molar-refractivity contribution >= 4 is 0 Å². The quantitative estimate of drug-likeness (QED) is 0.329. The van der Waals surface area contributed by atoms with Gasteiger partial charge in [0.25, 0.3) is 0 Å². The Hall–Kier alpha value is -0.860. The average Bonchev–Trinajstić information content (AvgIpc) is 2.50. The highest BCUT2D eigenvalue weighted by atomic mass is 16.7. The summed E-state index contributed by atoms with van der Waals surface area (Å²) in [5.74, 6) is 0. The first-order valence-corrected chi connectivity index (χ1v) is 9.14. The van der Waals surface area contributed by atoms with Crippen LogP contribution in [0.1, 0.15) is 77.2 Å². The van der Waals surface area contributed by atoms with E-state index in [2.05, 4.69) is 44.2 Å². The number of benzene rings is 1. The van der Waals surface area contributed by atoms with Crippen molar-refractivity contribution in [2.75, 3.05) is 7.05 Å². The maximum Gasteiger partial charge on any atom is 0.0765 e. The van der Waals surface area contributed by atoms with Crippen molar-refractivity contribution in [3.8, 4) is 0 Å². The fourth-order valence-corrected chi connectivity index (χ4v) is 2.80. The van der Waals surface area contributed by atoms with Crippen molar-refractivity contribution < 1.29 is 4.84 Å². The normalized spacial score (nSPS) is 12.7. The third-order valence-corrected chi connectivity index (χ3v) is 4.07. The van der Waals surface area contributed by atoms with Crippen LogP contribution >= 0.6 is 0 Å². The lowest BCUT2D eigenvalue weighted by Crippen LogP contribution is -2.24. The number of unbranched alkanes of at least 4 members (excludes halogenated alkanes) is 7. The predicted molar refractivity (Wildman–Crippen MR) is 95.7 cm³/mol. The fourth-order valence-electron chi connectivity index (χ4n) is 2.80. The molecule has 0 aromatic heterocycles. The molecule has 0 fully saturated rings. The lowest BCUT2D eigenvalue weighted by atomic mass is 10.1. The Morgan fingerprint density at radius 2 is 1.50 bits per heavy atom. The average molecular weight is 306 g/mol. The summed E-state index contributed by atoms with van der Waals surface area (Å²) in [6, 6.07) is 10.5. The summed E-state index contributed by atoms with van der Waals surface area (Å²) in [4.78, 5) is 5.95. The third-order valence-electron chi connectivity index (χ3n) is 4.07. The zero-order valence-corrected chi connectivity index (χ0v) is 14.9. The van der Waals surface area contributed by atoms with Crippen molar-refractivity contribution in [1.82, 2.24) is 5.06 Å². The minimum Gasteiger partial charge on any atom is -0.296 e. The highest BCUT2D eigenvalue weighted by Crippen LogP contribution is 2.13. The van der Waals surface area contributed by atoms with Crippen molar-refractivity contribution in [2.24, 2.45) is 0 Å². The molecule has 1 rings (SSSR count). The van der Waals surface area contributed by atoms with Crippen LogP contribution in [-0.4, -0.2) is 18.2 Å². The zero-order valence-electron chi connectivity index (χ0n) is 14.9. The molecule has 1 unspecified atom stereocenters. The fraction of sp³-hybridized carbons (Fsp3) is 0.700. The van der Waals surface area contributed by atoms with E-state index in [4.69, 9.17) is 4.84 Å². The van der Waals surface area contributed by atoms with E-state index in [1.165, 1.54) is 56.9 Å². The summed E-state index contributed by atoms with van der Waals surface area (Å²) >= 11 is 0. The number of rotatable bonds is 13. The van der Waals surface area contributed by atoms with E-state index < -0.39 is 0 Å². The van der Waals surface area contributed by atoms with E-state index in [9.17, 15) is 0 Å². The molecule has 1 aromatic carbocycles. The second-order valence-corrected chi connectivity index (χ2v) is 6.45. The second kappa shape index (κ2) is 12.7. The number of hydrogen-bond donors (Lipinski definition) is 0. The Bertz CT molecular complexity index is 352. The molecule has 2 nitrogen and oxygen atoms in total. The van der Waals surface area contributed by atoms with E-state index in [1.54, 1.807) is 0 Å². The molecule has 1 aromatic rings. The molecular formula is C20H35NO. The monoisotopic (exact) mass is 305 g/mol. The molecule has 2 heteroatoms. The van der Waals surface area contributed by atoms with Crippen LogP contribution in [0, 0.1) is 0 Å². The summed E-state index contributed by atoms with van der Waals surface area (Å²) in [5.41, 5.74) is 1.30. The SMILES string of the molecule is CCCCCCCCCCC(C)ON(C)Cc1ccccc1. The molecule has 0 saturated carbocycles. The number of hydrogen-bond acceptors (Lipinski definition) is 2. The molecule has 22 heavy (non-hydrogen) atoms. The van der Waals surface area contributed by atoms with Gasteiger partial charge in [-0.25, -0.2) is 0 Å². The molecule has 0 aliphatic heterocycles. The number of nitrogens with zero attached hydrogens (tertiary/aromatic N) is 1. The van der Waals surface area contributed by atoms with Gasteiger partial charge in [0, 0.05) is 13.6 Å². The molecule has 0 saturated heterocycles. The standard InChI is InChI=1S/C20H35NO/c1-4-5-6-7-8-9-10-12-15-19(2)22-21(3)18-20-16-13-11-14-17-20/h11,13-14,16-17,19H,4-10,12,15,18H2,1-3H3. The van der Waals surface area contributed by atoms with E-state index in [0.29, 0.717) is 6.10 Å². The van der Waals surface area contributed by atoms with Gasteiger partial charge in [-0.15, -0.1) is 0 Å². The van der Waals surface area contributed by atoms with Gasteiger partial charge >= 0.3 is 0 Å². The van der Waals surface area contributed by atoms with Gasteiger partial charge < -0.3 is 0 Å². The Morgan fingerprint density at radius 3 is 2.14 bits per heavy atom. The first-order chi connectivity index (χ1) is 10.7. The lowest BCUT2D eigenvalue weighted by Gasteiger charge is -2.21. The van der Waals surface area contributed by atoms with Gasteiger partial charge in [-0.3, -0.25) is 4.84 Å². The largest absolute Gasteiger partial charge is 0.296 e. The van der Waals surface area contributed by atoms with Crippen LogP contribution < -0.4 is 0 Å². The van der Waals surface area contributed by atoms with Gasteiger partial charge in [0.15, 0.2) is 0 Å². The summed E-state index contributed by atoms with van der Waals surface area (Å²) in [6.07, 6.45) is 12.5. The summed E-state index contributed by atoms with van der Waals surface area (Å²) in [5, 5.41) is 1.96. The number of hydroxylamine groups is 2. The summed E-state index contributed by atoms with van der Waals surface area (Å²) in [7, 11) is 2.03. The van der Waals surface area contributed by atoms with Crippen LogP contribution in [0.5, 0.6) is 0 Å². The highest BCUT2D eigenvalue weighted by molar-refractivity contribution is 5.13. The van der Waals surface area contributed by atoms with Gasteiger partial charge in [0.2, 0.25) is 0 Å². The van der Waals surface area contributed by atoms with Crippen LogP contribution in [0.15, 0.2) is 30.3 Å². The van der Waals surface area contributed by atoms with Crippen molar-refractivity contribution in [3.63, 3.8) is 0 Å². The molecule has 0 amide bonds. The Morgan fingerprint density at radius 1 is 0.909 bits per heavy atom. The first kappa shape index (κ1) is 19.2. The predicted octanol–water partition coefficient (Wildman–Crippen LogP) is 5.97. The van der Waals surface area contributed by atoms with Crippen LogP contribution in [0.4, 0.5) is 0 Å². The molecular weight excluding hydrogens is 270 g/mol. The van der Waals surface area contributed by atoms with Gasteiger partial charge in [0.05, 0.1) is 6.10 Å². The van der Waals surface area contributed by atoms with E-state index in [1.807, 2.05) is 12.1 Å². The van der Waals surface area contributed by atoms with Crippen molar-refractivity contribution in [3.05, 3.63) is 35.9 Å². The zero-order chi connectivity index (χ0) is 16.0. The van der Waals surface area contributed by atoms with Crippen molar-refractivity contribution in [1.29, 1.82) is 0 Å². The lowest BCUT2D eigenvalue weighted by molar-refractivity contribution is -0.184. The summed E-state index contributed by atoms with van der Waals surface area (Å²) < 4.78 is 0. The molecule has 126 valence electrons.